The molecule has 0 aliphatic carbocycles. The first-order valence-electron chi connectivity index (χ1n) is 28.8. The van der Waals surface area contributed by atoms with Gasteiger partial charge in [0.2, 0.25) is 0 Å². The van der Waals surface area contributed by atoms with Gasteiger partial charge in [0.1, 0.15) is 6.61 Å². The number of rotatable bonds is 52. The summed E-state index contributed by atoms with van der Waals surface area (Å²) in [5.41, 5.74) is 0. The van der Waals surface area contributed by atoms with Crippen molar-refractivity contribution in [2.24, 2.45) is 0 Å². The summed E-state index contributed by atoms with van der Waals surface area (Å²) in [6.45, 7) is 4.03. The fourth-order valence-electron chi connectivity index (χ4n) is 8.06. The van der Waals surface area contributed by atoms with E-state index in [1.165, 1.54) is 141 Å². The van der Waals surface area contributed by atoms with Crippen LogP contribution in [0.2, 0.25) is 0 Å². The first kappa shape index (κ1) is 64.8. The third kappa shape index (κ3) is 55.4. The van der Waals surface area contributed by atoms with Crippen molar-refractivity contribution < 1.29 is 24.2 Å². The summed E-state index contributed by atoms with van der Waals surface area (Å²) in [6.07, 6.45) is 82.4. The van der Waals surface area contributed by atoms with Crippen LogP contribution in [-0.2, 0) is 19.1 Å². The number of aliphatic hydroxyl groups excluding tert-OH is 1. The van der Waals surface area contributed by atoms with Crippen LogP contribution in [0.5, 0.6) is 0 Å². The fraction of sp³-hybridized carbons (Fsp3) is 0.714. The van der Waals surface area contributed by atoms with Crippen molar-refractivity contribution in [3.8, 4) is 0 Å². The van der Waals surface area contributed by atoms with Crippen LogP contribution in [0.1, 0.15) is 271 Å². The molecule has 0 aromatic carbocycles. The van der Waals surface area contributed by atoms with E-state index in [1.807, 2.05) is 0 Å². The average Bonchev–Trinajstić information content (AvgIpc) is 3.34. The first-order chi connectivity index (χ1) is 33.6. The molecule has 0 heterocycles. The van der Waals surface area contributed by atoms with Gasteiger partial charge in [0.25, 0.3) is 0 Å². The highest BCUT2D eigenvalue weighted by molar-refractivity contribution is 5.70. The van der Waals surface area contributed by atoms with E-state index >= 15 is 0 Å². The minimum Gasteiger partial charge on any atom is -0.462 e. The van der Waals surface area contributed by atoms with Gasteiger partial charge in [-0.2, -0.15) is 0 Å². The predicted octanol–water partition coefficient (Wildman–Crippen LogP) is 19.5. The molecule has 0 fully saturated rings. The molecule has 0 aromatic heterocycles. The molecule has 5 heteroatoms. The highest BCUT2D eigenvalue weighted by Crippen LogP contribution is 2.16. The Kier molecular flexibility index (Phi) is 55.4. The van der Waals surface area contributed by atoms with Crippen molar-refractivity contribution in [2.45, 2.75) is 277 Å². The molecule has 1 atom stereocenters. The maximum absolute atomic E-state index is 12.3. The molecule has 0 aliphatic heterocycles. The normalized spacial score (nSPS) is 12.9. The number of unbranched alkanes of at least 4 members (excludes halogenated alkanes) is 28. The van der Waals surface area contributed by atoms with Crippen LogP contribution in [0.25, 0.3) is 0 Å². The van der Waals surface area contributed by atoms with Crippen molar-refractivity contribution in [3.63, 3.8) is 0 Å². The Morgan fingerprint density at radius 1 is 0.353 bits per heavy atom. The summed E-state index contributed by atoms with van der Waals surface area (Å²) >= 11 is 0. The molecule has 0 aromatic rings. The Morgan fingerprint density at radius 2 is 0.632 bits per heavy atom. The molecule has 0 saturated heterocycles. The third-order valence-electron chi connectivity index (χ3n) is 12.4. The molecule has 0 rings (SSSR count). The summed E-state index contributed by atoms with van der Waals surface area (Å²) in [4.78, 5) is 24.5. The molecule has 1 unspecified atom stereocenters. The standard InChI is InChI=1S/C63H108O5/c1-3-5-7-9-11-13-15-17-19-21-23-25-27-29-31-33-35-37-39-41-43-45-47-49-51-53-55-57-62(65)67-60-61(59-64)68-63(66)58-56-54-52-50-48-46-44-42-40-38-36-34-32-30-28-26-24-22-20-18-16-14-12-10-8-6-4-2/h6,8,12,14,18,20-21,23-24,26,30,32,36,38,42,44,61,64H,3-5,7,9-11,13,15-17,19,22,25,27-29,31,33-35,37,39-41,43,45-60H2,1-2H3/b8-6-,14-12-,20-18-,23-21-,26-24-,32-30-,38-36-,44-42-. The monoisotopic (exact) mass is 945 g/mol. The molecule has 5 nitrogen and oxygen atoms in total. The Balaban J connectivity index is 3.55. The van der Waals surface area contributed by atoms with E-state index in [2.05, 4.69) is 111 Å². The van der Waals surface area contributed by atoms with Crippen LogP contribution in [0.3, 0.4) is 0 Å². The number of allylic oxidation sites excluding steroid dienone is 16. The third-order valence-corrected chi connectivity index (χ3v) is 12.4. The topological polar surface area (TPSA) is 72.8 Å². The molecular formula is C63H108O5. The van der Waals surface area contributed by atoms with Gasteiger partial charge in [0.05, 0.1) is 6.61 Å². The second-order valence-corrected chi connectivity index (χ2v) is 19.0. The highest BCUT2D eigenvalue weighted by atomic mass is 16.6. The van der Waals surface area contributed by atoms with Crippen LogP contribution in [-0.4, -0.2) is 36.4 Å². The lowest BCUT2D eigenvalue weighted by Crippen LogP contribution is -2.28. The van der Waals surface area contributed by atoms with Gasteiger partial charge in [-0.1, -0.05) is 259 Å². The van der Waals surface area contributed by atoms with Crippen LogP contribution >= 0.6 is 0 Å². The second-order valence-electron chi connectivity index (χ2n) is 19.0. The number of carbonyl (C=O) groups is 2. The van der Waals surface area contributed by atoms with Gasteiger partial charge < -0.3 is 14.6 Å². The number of esters is 2. The Bertz CT molecular complexity index is 1300. The van der Waals surface area contributed by atoms with Crippen LogP contribution in [0.15, 0.2) is 97.2 Å². The van der Waals surface area contributed by atoms with Gasteiger partial charge in [-0.3, -0.25) is 9.59 Å². The van der Waals surface area contributed by atoms with E-state index in [0.717, 1.165) is 103 Å². The zero-order valence-electron chi connectivity index (χ0n) is 44.6. The quantitative estimate of drug-likeness (QED) is 0.0374. The minimum atomic E-state index is -0.789. The van der Waals surface area contributed by atoms with Crippen molar-refractivity contribution in [3.05, 3.63) is 97.2 Å². The molecule has 1 N–H and O–H groups in total. The maximum Gasteiger partial charge on any atom is 0.306 e. The largest absolute Gasteiger partial charge is 0.462 e. The lowest BCUT2D eigenvalue weighted by molar-refractivity contribution is -0.161. The van der Waals surface area contributed by atoms with E-state index in [0.29, 0.717) is 12.8 Å². The lowest BCUT2D eigenvalue weighted by atomic mass is 10.0. The van der Waals surface area contributed by atoms with E-state index in [1.54, 1.807) is 0 Å². The van der Waals surface area contributed by atoms with Crippen LogP contribution in [0, 0.1) is 0 Å². The van der Waals surface area contributed by atoms with Gasteiger partial charge in [-0.15, -0.1) is 0 Å². The van der Waals surface area contributed by atoms with Gasteiger partial charge in [-0.05, 0) is 96.3 Å². The minimum absolute atomic E-state index is 0.0774. The van der Waals surface area contributed by atoms with E-state index < -0.39 is 6.10 Å². The van der Waals surface area contributed by atoms with Crippen molar-refractivity contribution >= 4 is 11.9 Å². The van der Waals surface area contributed by atoms with Crippen LogP contribution in [0.4, 0.5) is 0 Å². The molecule has 0 amide bonds. The molecule has 0 bridgehead atoms. The molecule has 390 valence electrons. The number of hydrogen-bond acceptors (Lipinski definition) is 5. The number of ether oxygens (including phenoxy) is 2. The summed E-state index contributed by atoms with van der Waals surface area (Å²) in [6, 6.07) is 0. The number of aliphatic hydroxyl groups is 1. The van der Waals surface area contributed by atoms with Crippen molar-refractivity contribution in [2.75, 3.05) is 13.2 Å². The SMILES string of the molecule is CC/C=C\C/C=C\C/C=C\C/C=C\C/C=C\C/C=C\C/C=C\CCCCCCCC(=O)OC(CO)COC(=O)CCCCCCCCCCCCCCCCC/C=C\CCCCCCCCCC. The van der Waals surface area contributed by atoms with Crippen LogP contribution < -0.4 is 0 Å². The van der Waals surface area contributed by atoms with Gasteiger partial charge in [-0.25, -0.2) is 0 Å². The van der Waals surface area contributed by atoms with E-state index in [-0.39, 0.29) is 25.2 Å². The molecule has 0 saturated carbocycles. The zero-order chi connectivity index (χ0) is 49.2. The maximum atomic E-state index is 12.3. The highest BCUT2D eigenvalue weighted by Gasteiger charge is 2.16. The lowest BCUT2D eigenvalue weighted by Gasteiger charge is -2.15. The summed E-state index contributed by atoms with van der Waals surface area (Å²) in [5.74, 6) is -0.610. The molecular weight excluding hydrogens is 837 g/mol. The van der Waals surface area contributed by atoms with Crippen molar-refractivity contribution in [1.82, 2.24) is 0 Å². The summed E-state index contributed by atoms with van der Waals surface area (Å²) < 4.78 is 10.7. The summed E-state index contributed by atoms with van der Waals surface area (Å²) in [7, 11) is 0. The zero-order valence-corrected chi connectivity index (χ0v) is 44.6. The number of carbonyl (C=O) groups excluding carboxylic acids is 2. The van der Waals surface area contributed by atoms with E-state index in [4.69, 9.17) is 9.47 Å². The Hall–Kier alpha value is -3.18. The first-order valence-corrected chi connectivity index (χ1v) is 28.8. The molecule has 0 aliphatic rings. The fourth-order valence-corrected chi connectivity index (χ4v) is 8.06. The Morgan fingerprint density at radius 3 is 0.971 bits per heavy atom. The van der Waals surface area contributed by atoms with Crippen molar-refractivity contribution in [1.29, 1.82) is 0 Å². The predicted molar refractivity (Wildman–Crippen MR) is 297 cm³/mol. The summed E-state index contributed by atoms with van der Waals surface area (Å²) in [5, 5.41) is 9.66. The smallest absolute Gasteiger partial charge is 0.306 e. The molecule has 0 spiro atoms. The Labute approximate surface area is 421 Å². The van der Waals surface area contributed by atoms with E-state index in [9.17, 15) is 14.7 Å². The molecule has 0 radical (unpaired) electrons. The molecule has 68 heavy (non-hydrogen) atoms. The number of hydrogen-bond donors (Lipinski definition) is 1. The van der Waals surface area contributed by atoms with Gasteiger partial charge in [0.15, 0.2) is 6.10 Å². The van der Waals surface area contributed by atoms with Gasteiger partial charge in [0, 0.05) is 12.8 Å². The van der Waals surface area contributed by atoms with Gasteiger partial charge >= 0.3 is 11.9 Å². The average molecular weight is 946 g/mol. The second kappa shape index (κ2) is 58.1.